The van der Waals surface area contributed by atoms with Crippen LogP contribution in [0, 0.1) is 5.92 Å². The van der Waals surface area contributed by atoms with Crippen LogP contribution in [0.4, 0.5) is 5.82 Å². The van der Waals surface area contributed by atoms with Crippen molar-refractivity contribution < 1.29 is 9.53 Å². The first-order valence-electron chi connectivity index (χ1n) is 8.64. The molecule has 138 valence electrons. The van der Waals surface area contributed by atoms with E-state index >= 15 is 0 Å². The zero-order chi connectivity index (χ0) is 18.4. The van der Waals surface area contributed by atoms with Crippen LogP contribution in [0.5, 0.6) is 5.75 Å². The molecule has 1 aromatic carbocycles. The molecule has 2 heterocycles. The van der Waals surface area contributed by atoms with E-state index < -0.39 is 0 Å². The number of hydrogen-bond donors (Lipinski definition) is 1. The first-order chi connectivity index (χ1) is 12.6. The van der Waals surface area contributed by atoms with E-state index in [9.17, 15) is 4.79 Å². The number of pyridine rings is 1. The average Bonchev–Trinajstić information content (AvgIpc) is 2.66. The highest BCUT2D eigenvalue weighted by atomic mass is 35.5. The third kappa shape index (κ3) is 5.26. The molecular formula is C19H21Cl2N3O2. The molecule has 0 atom stereocenters. The summed E-state index contributed by atoms with van der Waals surface area (Å²) in [4.78, 5) is 18.8. The molecule has 0 radical (unpaired) electrons. The van der Waals surface area contributed by atoms with Gasteiger partial charge in [0.25, 0.3) is 0 Å². The fourth-order valence-corrected chi connectivity index (χ4v) is 3.26. The predicted molar refractivity (Wildman–Crippen MR) is 104 cm³/mol. The van der Waals surface area contributed by atoms with Crippen LogP contribution in [-0.2, 0) is 4.79 Å². The topological polar surface area (TPSA) is 54.5 Å². The molecule has 2 aromatic rings. The Labute approximate surface area is 163 Å². The molecule has 1 aromatic heterocycles. The lowest BCUT2D eigenvalue weighted by atomic mass is 9.96. The highest BCUT2D eigenvalue weighted by Crippen LogP contribution is 2.23. The van der Waals surface area contributed by atoms with Gasteiger partial charge in [-0.1, -0.05) is 29.3 Å². The number of anilines is 1. The third-order valence-electron chi connectivity index (χ3n) is 4.37. The van der Waals surface area contributed by atoms with E-state index in [1.165, 1.54) is 0 Å². The van der Waals surface area contributed by atoms with Crippen molar-refractivity contribution in [2.24, 2.45) is 5.92 Å². The molecule has 1 aliphatic rings. The van der Waals surface area contributed by atoms with Crippen molar-refractivity contribution in [2.75, 3.05) is 31.1 Å². The lowest BCUT2D eigenvalue weighted by Gasteiger charge is -2.32. The fraction of sp³-hybridized carbons (Fsp3) is 0.368. The number of nitrogens with zero attached hydrogens (tertiary/aromatic N) is 2. The molecule has 7 heteroatoms. The van der Waals surface area contributed by atoms with Gasteiger partial charge in [0.1, 0.15) is 18.2 Å². The molecule has 0 bridgehead atoms. The number of piperidine rings is 1. The molecule has 0 saturated carbocycles. The average molecular weight is 394 g/mol. The van der Waals surface area contributed by atoms with Crippen molar-refractivity contribution in [3.63, 3.8) is 0 Å². The van der Waals surface area contributed by atoms with Gasteiger partial charge in [0, 0.05) is 30.2 Å². The molecule has 5 nitrogen and oxygen atoms in total. The minimum absolute atomic E-state index is 0.0321. The number of benzene rings is 1. The number of carbonyl (C=O) groups is 1. The summed E-state index contributed by atoms with van der Waals surface area (Å²) in [6.07, 6.45) is 3.27. The SMILES string of the molecule is O=C(NCCOc1cccc(Cl)c1)C1CCN(c2ccc(Cl)cn2)CC1. The number of carbonyl (C=O) groups excluding carboxylic acids is 1. The van der Waals surface area contributed by atoms with Gasteiger partial charge in [-0.25, -0.2) is 4.98 Å². The van der Waals surface area contributed by atoms with Gasteiger partial charge >= 0.3 is 0 Å². The van der Waals surface area contributed by atoms with Gasteiger partial charge < -0.3 is 15.0 Å². The fourth-order valence-electron chi connectivity index (χ4n) is 2.97. The van der Waals surface area contributed by atoms with Crippen LogP contribution >= 0.6 is 23.2 Å². The van der Waals surface area contributed by atoms with Crippen molar-refractivity contribution in [1.82, 2.24) is 10.3 Å². The van der Waals surface area contributed by atoms with Crippen molar-refractivity contribution in [3.05, 3.63) is 52.6 Å². The quantitative estimate of drug-likeness (QED) is 0.758. The Morgan fingerprint density at radius 1 is 1.19 bits per heavy atom. The van der Waals surface area contributed by atoms with E-state index in [2.05, 4.69) is 15.2 Å². The van der Waals surface area contributed by atoms with E-state index in [0.717, 1.165) is 31.7 Å². The number of nitrogens with one attached hydrogen (secondary N) is 1. The molecule has 1 fully saturated rings. The Hall–Kier alpha value is -1.98. The predicted octanol–water partition coefficient (Wildman–Crippen LogP) is 3.80. The molecule has 1 saturated heterocycles. The van der Waals surface area contributed by atoms with Gasteiger partial charge in [-0.05, 0) is 43.2 Å². The van der Waals surface area contributed by atoms with Crippen molar-refractivity contribution in [1.29, 1.82) is 0 Å². The number of aromatic nitrogens is 1. The molecule has 0 unspecified atom stereocenters. The van der Waals surface area contributed by atoms with E-state index in [1.807, 2.05) is 24.3 Å². The Kier molecular flexibility index (Phi) is 6.58. The van der Waals surface area contributed by atoms with Crippen molar-refractivity contribution in [2.45, 2.75) is 12.8 Å². The Bertz CT molecular complexity index is 732. The molecule has 26 heavy (non-hydrogen) atoms. The van der Waals surface area contributed by atoms with E-state index in [1.54, 1.807) is 18.3 Å². The van der Waals surface area contributed by atoms with Crippen LogP contribution in [0.2, 0.25) is 10.0 Å². The second-order valence-electron chi connectivity index (χ2n) is 6.19. The highest BCUT2D eigenvalue weighted by molar-refractivity contribution is 6.30. The number of amides is 1. The normalized spacial score (nSPS) is 14.9. The maximum absolute atomic E-state index is 12.3. The number of ether oxygens (including phenoxy) is 1. The monoisotopic (exact) mass is 393 g/mol. The summed E-state index contributed by atoms with van der Waals surface area (Å²) in [6, 6.07) is 11.0. The lowest BCUT2D eigenvalue weighted by Crippen LogP contribution is -2.41. The largest absolute Gasteiger partial charge is 0.492 e. The zero-order valence-electron chi connectivity index (χ0n) is 14.3. The number of hydrogen-bond acceptors (Lipinski definition) is 4. The minimum atomic E-state index is 0.0321. The van der Waals surface area contributed by atoms with Crippen LogP contribution in [0.15, 0.2) is 42.6 Å². The molecule has 0 aliphatic carbocycles. The van der Waals surface area contributed by atoms with Crippen LogP contribution in [-0.4, -0.2) is 37.1 Å². The number of halogens is 2. The highest BCUT2D eigenvalue weighted by Gasteiger charge is 2.25. The second-order valence-corrected chi connectivity index (χ2v) is 7.07. The second kappa shape index (κ2) is 9.10. The maximum atomic E-state index is 12.3. The van der Waals surface area contributed by atoms with Crippen LogP contribution < -0.4 is 15.0 Å². The van der Waals surface area contributed by atoms with Gasteiger partial charge in [0.05, 0.1) is 11.6 Å². The molecule has 1 N–H and O–H groups in total. The van der Waals surface area contributed by atoms with Crippen molar-refractivity contribution >= 4 is 34.9 Å². The Morgan fingerprint density at radius 3 is 2.69 bits per heavy atom. The van der Waals surface area contributed by atoms with E-state index in [4.69, 9.17) is 27.9 Å². The summed E-state index contributed by atoms with van der Waals surface area (Å²) >= 11 is 11.8. The molecular weight excluding hydrogens is 373 g/mol. The summed E-state index contributed by atoms with van der Waals surface area (Å²) in [5.74, 6) is 1.73. The smallest absolute Gasteiger partial charge is 0.223 e. The Balaban J connectivity index is 1.37. The molecule has 1 amide bonds. The minimum Gasteiger partial charge on any atom is -0.492 e. The summed E-state index contributed by atoms with van der Waals surface area (Å²) < 4.78 is 5.58. The van der Waals surface area contributed by atoms with Gasteiger partial charge in [-0.15, -0.1) is 0 Å². The van der Waals surface area contributed by atoms with Crippen LogP contribution in [0.1, 0.15) is 12.8 Å². The molecule has 1 aliphatic heterocycles. The summed E-state index contributed by atoms with van der Waals surface area (Å²) in [7, 11) is 0. The standard InChI is InChI=1S/C19H21Cl2N3O2/c20-15-2-1-3-17(12-15)26-11-8-22-19(25)14-6-9-24(10-7-14)18-5-4-16(21)13-23-18/h1-5,12-14H,6-11H2,(H,22,25). The summed E-state index contributed by atoms with van der Waals surface area (Å²) in [5.41, 5.74) is 0. The Morgan fingerprint density at radius 2 is 2.00 bits per heavy atom. The first-order valence-corrected chi connectivity index (χ1v) is 9.40. The number of rotatable bonds is 6. The van der Waals surface area contributed by atoms with E-state index in [0.29, 0.717) is 28.9 Å². The third-order valence-corrected chi connectivity index (χ3v) is 4.83. The van der Waals surface area contributed by atoms with Gasteiger partial charge in [-0.3, -0.25) is 4.79 Å². The maximum Gasteiger partial charge on any atom is 0.223 e. The van der Waals surface area contributed by atoms with Gasteiger partial charge in [0.15, 0.2) is 0 Å². The van der Waals surface area contributed by atoms with Gasteiger partial charge in [-0.2, -0.15) is 0 Å². The molecule has 0 spiro atoms. The summed E-state index contributed by atoms with van der Waals surface area (Å²) in [5, 5.41) is 4.21. The van der Waals surface area contributed by atoms with Gasteiger partial charge in [0.2, 0.25) is 5.91 Å². The van der Waals surface area contributed by atoms with Crippen LogP contribution in [0.25, 0.3) is 0 Å². The van der Waals surface area contributed by atoms with Crippen LogP contribution in [0.3, 0.4) is 0 Å². The van der Waals surface area contributed by atoms with E-state index in [-0.39, 0.29) is 11.8 Å². The lowest BCUT2D eigenvalue weighted by molar-refractivity contribution is -0.125. The van der Waals surface area contributed by atoms with Crippen molar-refractivity contribution in [3.8, 4) is 5.75 Å². The first kappa shape index (κ1) is 18.8. The molecule has 3 rings (SSSR count). The summed E-state index contributed by atoms with van der Waals surface area (Å²) in [6.45, 7) is 2.52. The zero-order valence-corrected chi connectivity index (χ0v) is 15.8.